The topological polar surface area (TPSA) is 75.9 Å². The highest BCUT2D eigenvalue weighted by Crippen LogP contribution is 2.28. The molecule has 2 aliphatic heterocycles. The van der Waals surface area contributed by atoms with Crippen LogP contribution in [0.3, 0.4) is 0 Å². The predicted molar refractivity (Wildman–Crippen MR) is 87.4 cm³/mol. The van der Waals surface area contributed by atoms with Crippen LogP contribution in [0, 0.1) is 0 Å². The molecule has 1 aromatic carbocycles. The van der Waals surface area contributed by atoms with Crippen LogP contribution in [0.2, 0.25) is 0 Å². The van der Waals surface area contributed by atoms with Gasteiger partial charge in [-0.25, -0.2) is 4.98 Å². The molecular weight excluding hydrogens is 330 g/mol. The van der Waals surface area contributed by atoms with E-state index in [-0.39, 0.29) is 6.54 Å². The number of oxazole rings is 1. The molecule has 0 N–H and O–H groups in total. The molecule has 128 valence electrons. The van der Waals surface area contributed by atoms with Gasteiger partial charge in [-0.1, -0.05) is 18.2 Å². The predicted octanol–water partition coefficient (Wildman–Crippen LogP) is 1.28. The molecule has 0 aliphatic carbocycles. The molecule has 2 aliphatic rings. The summed E-state index contributed by atoms with van der Waals surface area (Å²) in [4.78, 5) is 4.51. The van der Waals surface area contributed by atoms with Gasteiger partial charge < -0.3 is 9.15 Å². The lowest BCUT2D eigenvalue weighted by Gasteiger charge is -2.33. The van der Waals surface area contributed by atoms with Gasteiger partial charge >= 0.3 is 0 Å². The van der Waals surface area contributed by atoms with Gasteiger partial charge in [0.1, 0.15) is 5.76 Å². The normalized spacial score (nSPS) is 20.0. The summed E-state index contributed by atoms with van der Waals surface area (Å²) >= 11 is 0. The molecule has 4 rings (SSSR count). The van der Waals surface area contributed by atoms with Gasteiger partial charge in [0.25, 0.3) is 10.2 Å². The summed E-state index contributed by atoms with van der Waals surface area (Å²) in [6.45, 7) is 2.36. The van der Waals surface area contributed by atoms with Crippen LogP contribution in [-0.2, 0) is 27.9 Å². The van der Waals surface area contributed by atoms with Crippen molar-refractivity contribution in [1.82, 2.24) is 13.6 Å². The van der Waals surface area contributed by atoms with Gasteiger partial charge in [-0.2, -0.15) is 17.0 Å². The maximum absolute atomic E-state index is 12.8. The Morgan fingerprint density at radius 3 is 2.50 bits per heavy atom. The van der Waals surface area contributed by atoms with Gasteiger partial charge in [-0.15, -0.1) is 0 Å². The smallest absolute Gasteiger partial charge is 0.282 e. The molecule has 1 aromatic heterocycles. The summed E-state index contributed by atoms with van der Waals surface area (Å²) in [7, 11) is -3.48. The quantitative estimate of drug-likeness (QED) is 0.834. The van der Waals surface area contributed by atoms with Crippen molar-refractivity contribution in [2.75, 3.05) is 32.8 Å². The van der Waals surface area contributed by atoms with Crippen LogP contribution in [0.15, 0.2) is 34.7 Å². The first kappa shape index (κ1) is 15.8. The molecule has 24 heavy (non-hydrogen) atoms. The molecule has 0 unspecified atom stereocenters. The van der Waals surface area contributed by atoms with Crippen LogP contribution in [-0.4, -0.2) is 54.9 Å². The van der Waals surface area contributed by atoms with Crippen molar-refractivity contribution in [3.05, 3.63) is 41.8 Å². The largest absolute Gasteiger partial charge is 0.441 e. The number of ether oxygens (including phenoxy) is 1. The summed E-state index contributed by atoms with van der Waals surface area (Å²) < 4.78 is 39.6. The molecule has 0 amide bonds. The Hall–Kier alpha value is -1.74. The molecule has 0 saturated carbocycles. The average Bonchev–Trinajstić information content (AvgIpc) is 3.06. The Labute approximate surface area is 141 Å². The standard InChI is InChI=1S/C16H19N3O4S/c20-24(21,18-8-10-22-11-9-18)19-7-6-15-14(12-19)17-16(23-15)13-4-2-1-3-5-13/h1-5H,6-12H2. The fourth-order valence-corrected chi connectivity index (χ4v) is 4.56. The second-order valence-electron chi connectivity index (χ2n) is 5.86. The zero-order valence-electron chi connectivity index (χ0n) is 13.2. The number of rotatable bonds is 3. The highest BCUT2D eigenvalue weighted by atomic mass is 32.2. The Morgan fingerprint density at radius 2 is 1.75 bits per heavy atom. The molecule has 1 fully saturated rings. The fraction of sp³-hybridized carbons (Fsp3) is 0.438. The minimum absolute atomic E-state index is 0.255. The van der Waals surface area contributed by atoms with E-state index in [4.69, 9.17) is 9.15 Å². The van der Waals surface area contributed by atoms with Gasteiger partial charge in [0, 0.05) is 31.6 Å². The molecule has 3 heterocycles. The second-order valence-corrected chi connectivity index (χ2v) is 7.79. The first-order chi connectivity index (χ1) is 11.6. The van der Waals surface area contributed by atoms with Crippen LogP contribution in [0.25, 0.3) is 11.5 Å². The molecular formula is C16H19N3O4S. The summed E-state index contributed by atoms with van der Waals surface area (Å²) in [6, 6.07) is 9.64. The van der Waals surface area contributed by atoms with E-state index in [1.54, 1.807) is 0 Å². The van der Waals surface area contributed by atoms with Crippen molar-refractivity contribution in [3.8, 4) is 11.5 Å². The SMILES string of the molecule is O=S(=O)(N1CCOCC1)N1CCc2oc(-c3ccccc3)nc2C1. The molecule has 2 aromatic rings. The van der Waals surface area contributed by atoms with Crippen LogP contribution >= 0.6 is 0 Å². The van der Waals surface area contributed by atoms with Gasteiger partial charge in [0.05, 0.1) is 25.5 Å². The Bertz CT molecular complexity index is 813. The van der Waals surface area contributed by atoms with Crippen molar-refractivity contribution in [2.45, 2.75) is 13.0 Å². The second kappa shape index (κ2) is 6.29. The first-order valence-electron chi connectivity index (χ1n) is 8.01. The molecule has 0 bridgehead atoms. The molecule has 7 nitrogen and oxygen atoms in total. The Kier molecular flexibility index (Phi) is 4.13. The van der Waals surface area contributed by atoms with Crippen LogP contribution in [0.1, 0.15) is 11.5 Å². The summed E-state index contributed by atoms with van der Waals surface area (Å²) in [5, 5.41) is 0. The van der Waals surface area contributed by atoms with Crippen molar-refractivity contribution in [1.29, 1.82) is 0 Å². The summed E-state index contributed by atoms with van der Waals surface area (Å²) in [6.07, 6.45) is 0.540. The van der Waals surface area contributed by atoms with E-state index in [1.807, 2.05) is 30.3 Å². The number of benzene rings is 1. The lowest BCUT2D eigenvalue weighted by atomic mass is 10.2. The van der Waals surface area contributed by atoms with Crippen LogP contribution < -0.4 is 0 Å². The first-order valence-corrected chi connectivity index (χ1v) is 9.41. The zero-order chi connectivity index (χ0) is 16.6. The third kappa shape index (κ3) is 2.86. The van der Waals surface area contributed by atoms with Crippen molar-refractivity contribution >= 4 is 10.2 Å². The molecule has 0 radical (unpaired) electrons. The van der Waals surface area contributed by atoms with Gasteiger partial charge in [-0.05, 0) is 12.1 Å². The average molecular weight is 349 g/mol. The minimum Gasteiger partial charge on any atom is -0.441 e. The van der Waals surface area contributed by atoms with Gasteiger partial charge in [0.2, 0.25) is 5.89 Å². The summed E-state index contributed by atoms with van der Waals surface area (Å²) in [5.74, 6) is 1.33. The van der Waals surface area contributed by atoms with Gasteiger partial charge in [-0.3, -0.25) is 0 Å². The third-order valence-corrected chi connectivity index (χ3v) is 6.32. The maximum Gasteiger partial charge on any atom is 0.282 e. The number of nitrogens with zero attached hydrogens (tertiary/aromatic N) is 3. The number of hydrogen-bond donors (Lipinski definition) is 0. The number of morpholine rings is 1. The van der Waals surface area contributed by atoms with Gasteiger partial charge in [0.15, 0.2) is 0 Å². The van der Waals surface area contributed by atoms with E-state index in [0.29, 0.717) is 50.9 Å². The maximum atomic E-state index is 12.8. The lowest BCUT2D eigenvalue weighted by molar-refractivity contribution is 0.0698. The third-order valence-electron chi connectivity index (χ3n) is 4.34. The van der Waals surface area contributed by atoms with E-state index < -0.39 is 10.2 Å². The van der Waals surface area contributed by atoms with E-state index in [1.165, 1.54) is 8.61 Å². The van der Waals surface area contributed by atoms with Crippen molar-refractivity contribution < 1.29 is 17.6 Å². The van der Waals surface area contributed by atoms with E-state index in [0.717, 1.165) is 11.3 Å². The van der Waals surface area contributed by atoms with Crippen molar-refractivity contribution in [2.24, 2.45) is 0 Å². The van der Waals surface area contributed by atoms with E-state index in [2.05, 4.69) is 4.98 Å². The molecule has 0 atom stereocenters. The Morgan fingerprint density at radius 1 is 1.00 bits per heavy atom. The van der Waals surface area contributed by atoms with Crippen molar-refractivity contribution in [3.63, 3.8) is 0 Å². The minimum atomic E-state index is -3.48. The summed E-state index contributed by atoms with van der Waals surface area (Å²) in [5.41, 5.74) is 1.60. The lowest BCUT2D eigenvalue weighted by Crippen LogP contribution is -2.49. The zero-order valence-corrected chi connectivity index (χ0v) is 14.0. The molecule has 1 saturated heterocycles. The number of fused-ring (bicyclic) bond motifs is 1. The van der Waals surface area contributed by atoms with Crippen LogP contribution in [0.4, 0.5) is 0 Å². The Balaban J connectivity index is 1.56. The number of hydrogen-bond acceptors (Lipinski definition) is 5. The van der Waals surface area contributed by atoms with E-state index in [9.17, 15) is 8.42 Å². The highest BCUT2D eigenvalue weighted by molar-refractivity contribution is 7.86. The highest BCUT2D eigenvalue weighted by Gasteiger charge is 2.35. The molecule has 8 heteroatoms. The number of aromatic nitrogens is 1. The van der Waals surface area contributed by atoms with E-state index >= 15 is 0 Å². The fourth-order valence-electron chi connectivity index (χ4n) is 3.02. The monoisotopic (exact) mass is 349 g/mol. The van der Waals surface area contributed by atoms with Crippen LogP contribution in [0.5, 0.6) is 0 Å². The molecule has 0 spiro atoms.